The Morgan fingerprint density at radius 1 is 1.12 bits per heavy atom. The zero-order valence-corrected chi connectivity index (χ0v) is 15.0. The third-order valence-electron chi connectivity index (χ3n) is 3.79. The van der Waals surface area contributed by atoms with Gasteiger partial charge in [-0.25, -0.2) is 0 Å². The van der Waals surface area contributed by atoms with Crippen molar-refractivity contribution in [1.82, 2.24) is 4.90 Å². The highest BCUT2D eigenvalue weighted by Crippen LogP contribution is 2.33. The fraction of sp³-hybridized carbons (Fsp3) is 0.150. The average Bonchev–Trinajstić information content (AvgIpc) is 2.91. The van der Waals surface area contributed by atoms with Gasteiger partial charge in [0, 0.05) is 0 Å². The summed E-state index contributed by atoms with van der Waals surface area (Å²) < 4.78 is 5.39. The van der Waals surface area contributed by atoms with Crippen molar-refractivity contribution in [2.24, 2.45) is 0 Å². The lowest BCUT2D eigenvalue weighted by molar-refractivity contribution is -0.123. The van der Waals surface area contributed by atoms with E-state index in [0.717, 1.165) is 28.6 Å². The minimum absolute atomic E-state index is 0.191. The Bertz CT molecular complexity index is 896. The zero-order chi connectivity index (χ0) is 18.5. The number of carbonyl (C=O) groups is 2. The van der Waals surface area contributed by atoms with Gasteiger partial charge in [-0.1, -0.05) is 24.3 Å². The molecular weight excluding hydrogens is 348 g/mol. The topological polar surface area (TPSA) is 70.4 Å². The number of hydrogen-bond acceptors (Lipinski definition) is 5. The molecule has 1 fully saturated rings. The van der Waals surface area contributed by atoms with Crippen molar-refractivity contribution in [3.63, 3.8) is 0 Å². The first-order chi connectivity index (χ1) is 12.6. The Balaban J connectivity index is 1.74. The average molecular weight is 364 g/mol. The van der Waals surface area contributed by atoms with Gasteiger partial charge in [-0.15, -0.1) is 0 Å². The first-order valence-corrected chi connectivity index (χ1v) is 8.89. The summed E-state index contributed by atoms with van der Waals surface area (Å²) in [4.78, 5) is 26.4. The number of ether oxygens (including phenoxy) is 1. The van der Waals surface area contributed by atoms with Gasteiger partial charge in [-0.2, -0.15) is 5.26 Å². The lowest BCUT2D eigenvalue weighted by Crippen LogP contribution is -2.27. The summed E-state index contributed by atoms with van der Waals surface area (Å²) in [6.45, 7) is 2.70. The monoisotopic (exact) mass is 364 g/mol. The molecule has 0 aliphatic carbocycles. The first-order valence-electron chi connectivity index (χ1n) is 8.08. The minimum Gasteiger partial charge on any atom is -0.494 e. The molecule has 1 aliphatic heterocycles. The Kier molecular flexibility index (Phi) is 5.40. The van der Waals surface area contributed by atoms with E-state index in [2.05, 4.69) is 0 Å². The highest BCUT2D eigenvalue weighted by atomic mass is 32.2. The molecule has 0 saturated carbocycles. The van der Waals surface area contributed by atoms with Crippen LogP contribution < -0.4 is 4.74 Å². The van der Waals surface area contributed by atoms with Gasteiger partial charge in [0.15, 0.2) is 0 Å². The van der Waals surface area contributed by atoms with Crippen LogP contribution in [-0.2, 0) is 11.3 Å². The van der Waals surface area contributed by atoms with E-state index < -0.39 is 0 Å². The Morgan fingerprint density at radius 2 is 1.81 bits per heavy atom. The van der Waals surface area contributed by atoms with Crippen LogP contribution in [0.15, 0.2) is 53.4 Å². The van der Waals surface area contributed by atoms with Crippen LogP contribution in [0.1, 0.15) is 23.6 Å². The van der Waals surface area contributed by atoms with Crippen LogP contribution in [0.25, 0.3) is 6.08 Å². The van der Waals surface area contributed by atoms with Crippen LogP contribution in [-0.4, -0.2) is 22.7 Å². The van der Waals surface area contributed by atoms with E-state index in [1.54, 1.807) is 30.3 Å². The molecule has 0 radical (unpaired) electrons. The largest absolute Gasteiger partial charge is 0.494 e. The van der Waals surface area contributed by atoms with Gasteiger partial charge in [-0.3, -0.25) is 14.5 Å². The first kappa shape index (κ1) is 17.8. The molecule has 1 aliphatic rings. The van der Waals surface area contributed by atoms with Gasteiger partial charge in [0.05, 0.1) is 29.7 Å². The predicted octanol–water partition coefficient (Wildman–Crippen LogP) is 4.19. The van der Waals surface area contributed by atoms with Crippen LogP contribution in [0.3, 0.4) is 0 Å². The summed E-state index contributed by atoms with van der Waals surface area (Å²) in [5, 5.41) is 8.54. The minimum atomic E-state index is -0.307. The van der Waals surface area contributed by atoms with Crippen LogP contribution in [0.4, 0.5) is 4.79 Å². The van der Waals surface area contributed by atoms with Crippen molar-refractivity contribution < 1.29 is 14.3 Å². The van der Waals surface area contributed by atoms with Crippen LogP contribution in [0.5, 0.6) is 5.75 Å². The highest BCUT2D eigenvalue weighted by molar-refractivity contribution is 8.18. The lowest BCUT2D eigenvalue weighted by atomic mass is 10.1. The van der Waals surface area contributed by atoms with E-state index in [1.807, 2.05) is 37.3 Å². The molecule has 26 heavy (non-hydrogen) atoms. The van der Waals surface area contributed by atoms with E-state index in [0.29, 0.717) is 17.1 Å². The number of carbonyl (C=O) groups excluding carboxylic acids is 2. The van der Waals surface area contributed by atoms with E-state index in [-0.39, 0.29) is 17.7 Å². The molecule has 0 spiro atoms. The third-order valence-corrected chi connectivity index (χ3v) is 4.69. The van der Waals surface area contributed by atoms with E-state index in [4.69, 9.17) is 10.00 Å². The molecule has 0 N–H and O–H groups in total. The molecule has 1 saturated heterocycles. The van der Waals surface area contributed by atoms with Crippen LogP contribution >= 0.6 is 11.8 Å². The maximum Gasteiger partial charge on any atom is 0.293 e. The predicted molar refractivity (Wildman–Crippen MR) is 100 cm³/mol. The number of nitrogens with zero attached hydrogens (tertiary/aromatic N) is 2. The van der Waals surface area contributed by atoms with Crippen LogP contribution in [0.2, 0.25) is 0 Å². The molecular formula is C20H16N2O3S. The molecule has 6 heteroatoms. The molecule has 0 unspecified atom stereocenters. The van der Waals surface area contributed by atoms with Gasteiger partial charge in [0.25, 0.3) is 11.1 Å². The molecule has 2 amide bonds. The molecule has 130 valence electrons. The van der Waals surface area contributed by atoms with Crippen molar-refractivity contribution in [2.75, 3.05) is 6.61 Å². The number of benzene rings is 2. The van der Waals surface area contributed by atoms with Gasteiger partial charge in [0.1, 0.15) is 5.75 Å². The molecule has 5 nitrogen and oxygen atoms in total. The number of thioether (sulfide) groups is 1. The van der Waals surface area contributed by atoms with Gasteiger partial charge in [0.2, 0.25) is 0 Å². The van der Waals surface area contributed by atoms with Crippen molar-refractivity contribution in [3.8, 4) is 11.8 Å². The number of amides is 2. The Labute approximate surface area is 155 Å². The lowest BCUT2D eigenvalue weighted by Gasteiger charge is -2.12. The molecule has 2 aromatic rings. The maximum absolute atomic E-state index is 12.6. The van der Waals surface area contributed by atoms with E-state index in [9.17, 15) is 9.59 Å². The third kappa shape index (κ3) is 3.95. The normalized spacial score (nSPS) is 15.4. The second-order valence-corrected chi connectivity index (χ2v) is 6.57. The standard InChI is InChI=1S/C20H16N2O3S/c1-2-25-17-9-7-14(8-10-17)11-18-19(23)22(20(24)26-18)13-16-5-3-15(12-21)4-6-16/h3-11H,2,13H2,1H3. The highest BCUT2D eigenvalue weighted by Gasteiger charge is 2.34. The zero-order valence-electron chi connectivity index (χ0n) is 14.1. The van der Waals surface area contributed by atoms with Gasteiger partial charge < -0.3 is 4.74 Å². The Morgan fingerprint density at radius 3 is 2.42 bits per heavy atom. The van der Waals surface area contributed by atoms with Crippen molar-refractivity contribution >= 4 is 29.0 Å². The van der Waals surface area contributed by atoms with Crippen LogP contribution in [0, 0.1) is 11.3 Å². The molecule has 1 heterocycles. The smallest absolute Gasteiger partial charge is 0.293 e. The molecule has 2 aromatic carbocycles. The number of imide groups is 1. The molecule has 0 bridgehead atoms. The Hall–Kier alpha value is -3.04. The summed E-state index contributed by atoms with van der Waals surface area (Å²) in [5.74, 6) is 0.455. The van der Waals surface area contributed by atoms with Crippen molar-refractivity contribution in [2.45, 2.75) is 13.5 Å². The van der Waals surface area contributed by atoms with E-state index in [1.165, 1.54) is 4.90 Å². The van der Waals surface area contributed by atoms with Gasteiger partial charge in [-0.05, 0) is 60.2 Å². The summed E-state index contributed by atoms with van der Waals surface area (Å²) >= 11 is 0.933. The summed E-state index contributed by atoms with van der Waals surface area (Å²) in [7, 11) is 0. The number of nitriles is 1. The summed E-state index contributed by atoms with van der Waals surface area (Å²) in [5.41, 5.74) is 2.17. The number of rotatable bonds is 5. The van der Waals surface area contributed by atoms with Crippen molar-refractivity contribution in [1.29, 1.82) is 5.26 Å². The quantitative estimate of drug-likeness (QED) is 0.744. The molecule has 3 rings (SSSR count). The molecule has 0 atom stereocenters. The van der Waals surface area contributed by atoms with Crippen molar-refractivity contribution in [3.05, 3.63) is 70.1 Å². The number of hydrogen-bond donors (Lipinski definition) is 0. The van der Waals surface area contributed by atoms with Gasteiger partial charge >= 0.3 is 0 Å². The second-order valence-electron chi connectivity index (χ2n) is 5.58. The SMILES string of the molecule is CCOc1ccc(C=C2SC(=O)N(Cc3ccc(C#N)cc3)C2=O)cc1. The van der Waals surface area contributed by atoms with E-state index >= 15 is 0 Å². The fourth-order valence-corrected chi connectivity index (χ4v) is 3.32. The fourth-order valence-electron chi connectivity index (χ4n) is 2.48. The summed E-state index contributed by atoms with van der Waals surface area (Å²) in [6, 6.07) is 16.2. The second kappa shape index (κ2) is 7.89. The summed E-state index contributed by atoms with van der Waals surface area (Å²) in [6.07, 6.45) is 1.71. The molecule has 0 aromatic heterocycles. The maximum atomic E-state index is 12.6.